The van der Waals surface area contributed by atoms with Crippen molar-refractivity contribution in [3.63, 3.8) is 0 Å². The number of nitrogens with one attached hydrogen (secondary N) is 1. The van der Waals surface area contributed by atoms with Crippen molar-refractivity contribution in [2.75, 3.05) is 6.26 Å². The van der Waals surface area contributed by atoms with E-state index < -0.39 is 0 Å². The molecule has 0 unspecified atom stereocenters. The van der Waals surface area contributed by atoms with Gasteiger partial charge >= 0.3 is 0 Å². The maximum absolute atomic E-state index is 5.83. The molecule has 22 heavy (non-hydrogen) atoms. The van der Waals surface area contributed by atoms with Crippen LogP contribution in [0.25, 0.3) is 0 Å². The van der Waals surface area contributed by atoms with Gasteiger partial charge in [0.1, 0.15) is 12.3 Å². The minimum Gasteiger partial charge on any atom is -0.472 e. The number of ether oxygens (including phenoxy) is 1. The Morgan fingerprint density at radius 2 is 2.14 bits per heavy atom. The fraction of sp³-hybridized carbons (Fsp3) is 0.143. The van der Waals surface area contributed by atoms with E-state index in [0.717, 1.165) is 5.56 Å². The van der Waals surface area contributed by atoms with Gasteiger partial charge in [-0.15, -0.1) is 0 Å². The summed E-state index contributed by atoms with van der Waals surface area (Å²) < 4.78 is 6.12. The molecule has 0 radical (unpaired) electrons. The predicted molar refractivity (Wildman–Crippen MR) is 92.8 cm³/mol. The van der Waals surface area contributed by atoms with Crippen molar-refractivity contribution in [2.45, 2.75) is 6.61 Å². The molecule has 2 aromatic rings. The fourth-order valence-corrected chi connectivity index (χ4v) is 1.66. The van der Waals surface area contributed by atoms with Crippen LogP contribution in [0.2, 0.25) is 0 Å². The van der Waals surface area contributed by atoms with Crippen LogP contribution >= 0.6 is 24.0 Å². The molecule has 1 aromatic carbocycles. The summed E-state index contributed by atoms with van der Waals surface area (Å²) in [5.41, 5.74) is 9.95. The van der Waals surface area contributed by atoms with Crippen molar-refractivity contribution in [2.24, 2.45) is 10.8 Å². The normalized spacial score (nSPS) is 11.0. The largest absolute Gasteiger partial charge is 0.472 e. The van der Waals surface area contributed by atoms with Crippen LogP contribution in [0.15, 0.2) is 47.8 Å². The molecule has 0 fully saturated rings. The number of hydrogen-bond acceptors (Lipinski definition) is 6. The van der Waals surface area contributed by atoms with Crippen molar-refractivity contribution >= 4 is 34.1 Å². The van der Waals surface area contributed by atoms with Crippen LogP contribution < -0.4 is 15.9 Å². The van der Waals surface area contributed by atoms with Gasteiger partial charge in [0.15, 0.2) is 10.2 Å². The zero-order chi connectivity index (χ0) is 15.8. The van der Waals surface area contributed by atoms with Crippen molar-refractivity contribution in [1.29, 1.82) is 0 Å². The monoisotopic (exact) mass is 333 g/mol. The van der Waals surface area contributed by atoms with Crippen LogP contribution in [-0.4, -0.2) is 26.4 Å². The van der Waals surface area contributed by atoms with E-state index in [4.69, 9.17) is 22.7 Å². The molecule has 1 aromatic heterocycles. The summed E-state index contributed by atoms with van der Waals surface area (Å²) in [6, 6.07) is 9.80. The number of nitrogens with zero attached hydrogens (tertiary/aromatic N) is 3. The summed E-state index contributed by atoms with van der Waals surface area (Å²) in [7, 11) is 0. The number of thiocarbonyl (C=S) groups is 1. The first kappa shape index (κ1) is 16.2. The molecule has 0 aliphatic heterocycles. The third-order valence-electron chi connectivity index (χ3n) is 2.56. The Morgan fingerprint density at radius 1 is 1.36 bits per heavy atom. The molecule has 8 heteroatoms. The van der Waals surface area contributed by atoms with E-state index in [1.54, 1.807) is 0 Å². The lowest BCUT2D eigenvalue weighted by molar-refractivity contribution is 0.292. The number of thioether (sulfide) groups is 1. The molecule has 0 saturated heterocycles. The van der Waals surface area contributed by atoms with Gasteiger partial charge in [0, 0.05) is 0 Å². The van der Waals surface area contributed by atoms with Crippen molar-refractivity contribution < 1.29 is 4.74 Å². The molecule has 0 spiro atoms. The van der Waals surface area contributed by atoms with E-state index in [1.165, 1.54) is 24.2 Å². The van der Waals surface area contributed by atoms with E-state index in [9.17, 15) is 0 Å². The quantitative estimate of drug-likeness (QED) is 0.374. The first-order chi connectivity index (χ1) is 10.7. The first-order valence-electron chi connectivity index (χ1n) is 6.35. The summed E-state index contributed by atoms with van der Waals surface area (Å²) in [4.78, 5) is 8.31. The highest BCUT2D eigenvalue weighted by atomic mass is 32.2. The number of benzene rings is 1. The minimum atomic E-state index is 0.189. The topological polar surface area (TPSA) is 85.4 Å². The average Bonchev–Trinajstić information content (AvgIpc) is 2.58. The Balaban J connectivity index is 2.01. The van der Waals surface area contributed by atoms with Gasteiger partial charge in [-0.1, -0.05) is 54.3 Å². The lowest BCUT2D eigenvalue weighted by atomic mass is 10.2. The molecule has 6 nitrogen and oxygen atoms in total. The highest BCUT2D eigenvalue weighted by Gasteiger charge is 2.05. The maximum atomic E-state index is 5.83. The van der Waals surface area contributed by atoms with Crippen LogP contribution in [0.5, 0.6) is 5.88 Å². The smallest absolute Gasteiger partial charge is 0.233 e. The van der Waals surface area contributed by atoms with Crippen LogP contribution in [0, 0.1) is 0 Å². The molecule has 114 valence electrons. The maximum Gasteiger partial charge on any atom is 0.233 e. The van der Waals surface area contributed by atoms with E-state index in [1.807, 2.05) is 36.6 Å². The summed E-state index contributed by atoms with van der Waals surface area (Å²) in [5, 5.41) is 3.95. The standard InChI is InChI=1S/C14H15N5OS2/c1-22-14(21)19-18-13(15)11-7-16-8-12(17-11)20-9-10-5-3-2-4-6-10/h2-8H,9H2,1H3,(H2,15,18)(H,19,21). The molecular formula is C14H15N5OS2. The minimum absolute atomic E-state index is 0.189. The second-order valence-corrected chi connectivity index (χ2v) is 5.60. The van der Waals surface area contributed by atoms with Crippen LogP contribution in [0.1, 0.15) is 11.3 Å². The van der Waals surface area contributed by atoms with Crippen molar-refractivity contribution in [1.82, 2.24) is 15.4 Å². The second-order valence-electron chi connectivity index (χ2n) is 4.12. The summed E-state index contributed by atoms with van der Waals surface area (Å²) in [6.45, 7) is 0.408. The van der Waals surface area contributed by atoms with Crippen LogP contribution in [0.4, 0.5) is 0 Å². The number of hydrogen-bond donors (Lipinski definition) is 2. The van der Waals surface area contributed by atoms with E-state index in [2.05, 4.69) is 20.5 Å². The Kier molecular flexibility index (Phi) is 6.11. The van der Waals surface area contributed by atoms with Gasteiger partial charge in [0.05, 0.1) is 12.4 Å². The average molecular weight is 333 g/mol. The molecule has 0 bridgehead atoms. The first-order valence-corrected chi connectivity index (χ1v) is 7.98. The Bertz CT molecular complexity index is 663. The zero-order valence-electron chi connectivity index (χ0n) is 11.9. The third-order valence-corrected chi connectivity index (χ3v) is 3.61. The lowest BCUT2D eigenvalue weighted by Gasteiger charge is -2.06. The SMILES string of the molecule is CSC(=S)N/N=C(/N)c1cncc(OCc2ccccc2)n1. The highest BCUT2D eigenvalue weighted by molar-refractivity contribution is 8.22. The lowest BCUT2D eigenvalue weighted by Crippen LogP contribution is -2.22. The Hall–Kier alpha value is -2.19. The highest BCUT2D eigenvalue weighted by Crippen LogP contribution is 2.08. The summed E-state index contributed by atoms with van der Waals surface area (Å²) >= 11 is 6.34. The number of nitrogens with two attached hydrogens (primary N) is 1. The third kappa shape index (κ3) is 4.97. The number of hydrazone groups is 1. The van der Waals surface area contributed by atoms with Crippen LogP contribution in [-0.2, 0) is 6.61 Å². The molecule has 0 atom stereocenters. The zero-order valence-corrected chi connectivity index (χ0v) is 13.5. The molecule has 0 aliphatic rings. The van der Waals surface area contributed by atoms with Crippen LogP contribution in [0.3, 0.4) is 0 Å². The van der Waals surface area contributed by atoms with Gasteiger partial charge < -0.3 is 10.5 Å². The van der Waals surface area contributed by atoms with Gasteiger partial charge in [-0.2, -0.15) is 5.10 Å². The van der Waals surface area contributed by atoms with Gasteiger partial charge in [0.25, 0.3) is 0 Å². The van der Waals surface area contributed by atoms with Gasteiger partial charge in [-0.25, -0.2) is 4.98 Å². The molecule has 1 heterocycles. The molecule has 0 amide bonds. The second kappa shape index (κ2) is 8.30. The number of amidine groups is 1. The predicted octanol–water partition coefficient (Wildman–Crippen LogP) is 1.91. The van der Waals surface area contributed by atoms with E-state index >= 15 is 0 Å². The summed E-state index contributed by atoms with van der Waals surface area (Å²) in [5.74, 6) is 0.570. The molecule has 0 saturated carbocycles. The van der Waals surface area contributed by atoms with E-state index in [0.29, 0.717) is 22.5 Å². The molecular weight excluding hydrogens is 318 g/mol. The molecule has 3 N–H and O–H groups in total. The fourth-order valence-electron chi connectivity index (χ4n) is 1.48. The number of aromatic nitrogens is 2. The van der Waals surface area contributed by atoms with Crippen molar-refractivity contribution in [3.05, 3.63) is 54.0 Å². The van der Waals surface area contributed by atoms with E-state index in [-0.39, 0.29) is 5.84 Å². The van der Waals surface area contributed by atoms with Gasteiger partial charge in [-0.3, -0.25) is 10.4 Å². The molecule has 0 aliphatic carbocycles. The Labute approximate surface area is 138 Å². The molecule has 2 rings (SSSR count). The number of rotatable bonds is 5. The summed E-state index contributed by atoms with van der Waals surface area (Å²) in [6.07, 6.45) is 4.89. The van der Waals surface area contributed by atoms with Gasteiger partial charge in [0.2, 0.25) is 5.88 Å². The van der Waals surface area contributed by atoms with Crippen molar-refractivity contribution in [3.8, 4) is 5.88 Å². The Morgan fingerprint density at radius 3 is 2.86 bits per heavy atom. The van der Waals surface area contributed by atoms with Gasteiger partial charge in [-0.05, 0) is 11.8 Å².